The average Bonchev–Trinajstić information content (AvgIpc) is 2.53. The van der Waals surface area contributed by atoms with E-state index in [0.717, 1.165) is 5.56 Å². The van der Waals surface area contributed by atoms with Gasteiger partial charge in [-0.25, -0.2) is 9.97 Å². The number of aliphatic hydroxyl groups is 1. The lowest BCUT2D eigenvalue weighted by atomic mass is 10.0. The van der Waals surface area contributed by atoms with E-state index >= 15 is 0 Å². The maximum absolute atomic E-state index is 11.8. The third-order valence-corrected chi connectivity index (χ3v) is 3.62. The van der Waals surface area contributed by atoms with Crippen molar-refractivity contribution in [3.8, 4) is 0 Å². The molecule has 1 aromatic carbocycles. The van der Waals surface area contributed by atoms with E-state index in [2.05, 4.69) is 19.9 Å². The Morgan fingerprint density at radius 2 is 2.00 bits per heavy atom. The third kappa shape index (κ3) is 3.35. The van der Waals surface area contributed by atoms with Gasteiger partial charge in [-0.1, -0.05) is 29.8 Å². The van der Waals surface area contributed by atoms with Gasteiger partial charge in [-0.05, 0) is 25.3 Å². The number of nitrogens with two attached hydrogens (primary N) is 1. The first-order chi connectivity index (χ1) is 11.0. The van der Waals surface area contributed by atoms with Gasteiger partial charge in [0.05, 0.1) is 18.0 Å². The van der Waals surface area contributed by atoms with Crippen LogP contribution in [0.5, 0.6) is 0 Å². The number of H-pyrrole nitrogens is 1. The molecule has 23 heavy (non-hydrogen) atoms. The number of aliphatic hydroxyl groups excluding tert-OH is 1. The number of hydrogen-bond donors (Lipinski definition) is 3. The van der Waals surface area contributed by atoms with Gasteiger partial charge >= 0.3 is 0 Å². The lowest BCUT2D eigenvalue weighted by Crippen LogP contribution is -2.15. The van der Waals surface area contributed by atoms with Crippen LogP contribution in [0.2, 0.25) is 0 Å². The highest BCUT2D eigenvalue weighted by Crippen LogP contribution is 2.18. The quantitative estimate of drug-likeness (QED) is 0.668. The molecule has 0 unspecified atom stereocenters. The highest BCUT2D eigenvalue weighted by atomic mass is 16.3. The number of nitrogen functional groups attached to an aromatic ring is 1. The van der Waals surface area contributed by atoms with Crippen LogP contribution in [0.1, 0.15) is 29.3 Å². The molecule has 0 amide bonds. The van der Waals surface area contributed by atoms with Gasteiger partial charge in [0.25, 0.3) is 5.56 Å². The van der Waals surface area contributed by atoms with Gasteiger partial charge in [0.2, 0.25) is 5.95 Å². The molecule has 1 atom stereocenters. The van der Waals surface area contributed by atoms with Gasteiger partial charge < -0.3 is 10.8 Å². The van der Waals surface area contributed by atoms with Crippen LogP contribution in [0.15, 0.2) is 35.3 Å². The fourth-order valence-electron chi connectivity index (χ4n) is 2.31. The minimum absolute atomic E-state index is 0.00975. The van der Waals surface area contributed by atoms with Crippen molar-refractivity contribution in [2.75, 3.05) is 5.73 Å². The van der Waals surface area contributed by atoms with Crippen molar-refractivity contribution >= 4 is 17.1 Å². The molecule has 4 N–H and O–H groups in total. The standard InChI is InChI=1S/C16H17N5O2/c1-9-2-4-10(5-3-9)6-7-12(22)11-8-18-14-13(19-11)15(23)21-16(17)20-14/h2-5,8,12,22H,6-7H2,1H3,(H3,17,18,20,21,23)/t12-/m1/s1. The highest BCUT2D eigenvalue weighted by molar-refractivity contribution is 5.69. The van der Waals surface area contributed by atoms with Gasteiger partial charge in [0, 0.05) is 0 Å². The predicted octanol–water partition coefficient (Wildman–Crippen LogP) is 1.27. The van der Waals surface area contributed by atoms with Crippen LogP contribution in [0.4, 0.5) is 5.95 Å². The molecule has 2 heterocycles. The van der Waals surface area contributed by atoms with Crippen LogP contribution in [0, 0.1) is 6.92 Å². The summed E-state index contributed by atoms with van der Waals surface area (Å²) in [5.41, 5.74) is 7.92. The lowest BCUT2D eigenvalue weighted by Gasteiger charge is -2.10. The Balaban J connectivity index is 1.79. The van der Waals surface area contributed by atoms with Gasteiger partial charge in [-0.2, -0.15) is 4.98 Å². The zero-order valence-electron chi connectivity index (χ0n) is 12.7. The van der Waals surface area contributed by atoms with Crippen LogP contribution in [-0.4, -0.2) is 25.0 Å². The summed E-state index contributed by atoms with van der Waals surface area (Å²) in [7, 11) is 0. The first-order valence-electron chi connectivity index (χ1n) is 7.29. The van der Waals surface area contributed by atoms with Crippen molar-refractivity contribution in [3.05, 3.63) is 57.6 Å². The van der Waals surface area contributed by atoms with Crippen LogP contribution >= 0.6 is 0 Å². The summed E-state index contributed by atoms with van der Waals surface area (Å²) in [4.78, 5) is 26.3. The molecule has 7 nitrogen and oxygen atoms in total. The maximum Gasteiger partial charge on any atom is 0.280 e. The SMILES string of the molecule is Cc1ccc(CC[C@@H](O)c2cnc3nc(N)[nH]c(=O)c3n2)cc1. The molecule has 0 bridgehead atoms. The number of anilines is 1. The molecule has 0 aliphatic heterocycles. The molecule has 0 aliphatic carbocycles. The number of hydrogen-bond acceptors (Lipinski definition) is 6. The summed E-state index contributed by atoms with van der Waals surface area (Å²) in [6, 6.07) is 8.14. The molecule has 7 heteroatoms. The minimum atomic E-state index is -0.801. The highest BCUT2D eigenvalue weighted by Gasteiger charge is 2.13. The van der Waals surface area contributed by atoms with E-state index in [1.807, 2.05) is 31.2 Å². The Morgan fingerprint density at radius 3 is 2.74 bits per heavy atom. The average molecular weight is 311 g/mol. The predicted molar refractivity (Wildman–Crippen MR) is 86.8 cm³/mol. The molecule has 0 saturated carbocycles. The Labute approximate surface area is 132 Å². The van der Waals surface area contributed by atoms with E-state index in [1.165, 1.54) is 11.8 Å². The second kappa shape index (κ2) is 6.13. The zero-order valence-corrected chi connectivity index (χ0v) is 12.7. The molecule has 2 aromatic heterocycles. The van der Waals surface area contributed by atoms with Crippen molar-refractivity contribution in [2.24, 2.45) is 0 Å². The normalized spacial score (nSPS) is 12.4. The van der Waals surface area contributed by atoms with E-state index in [1.54, 1.807) is 0 Å². The summed E-state index contributed by atoms with van der Waals surface area (Å²) in [5, 5.41) is 10.3. The number of aromatic amines is 1. The molecule has 0 spiro atoms. The van der Waals surface area contributed by atoms with Crippen molar-refractivity contribution in [3.63, 3.8) is 0 Å². The number of benzene rings is 1. The van der Waals surface area contributed by atoms with Gasteiger partial charge in [-0.3, -0.25) is 9.78 Å². The first-order valence-corrected chi connectivity index (χ1v) is 7.29. The number of fused-ring (bicyclic) bond motifs is 1. The number of aryl methyl sites for hydroxylation is 2. The number of nitrogens with zero attached hydrogens (tertiary/aromatic N) is 3. The number of nitrogens with one attached hydrogen (secondary N) is 1. The molecular formula is C16H17N5O2. The van der Waals surface area contributed by atoms with E-state index in [4.69, 9.17) is 5.73 Å². The Kier molecular flexibility index (Phi) is 4.03. The lowest BCUT2D eigenvalue weighted by molar-refractivity contribution is 0.163. The van der Waals surface area contributed by atoms with Gasteiger partial charge in [0.1, 0.15) is 0 Å². The molecule has 0 saturated heterocycles. The van der Waals surface area contributed by atoms with E-state index < -0.39 is 11.7 Å². The van der Waals surface area contributed by atoms with Crippen LogP contribution in [0.3, 0.4) is 0 Å². The van der Waals surface area contributed by atoms with E-state index in [9.17, 15) is 9.90 Å². The first kappa shape index (κ1) is 15.1. The maximum atomic E-state index is 11.8. The smallest absolute Gasteiger partial charge is 0.280 e. The Hall–Kier alpha value is -2.80. The fourth-order valence-corrected chi connectivity index (χ4v) is 2.31. The number of aromatic nitrogens is 4. The van der Waals surface area contributed by atoms with E-state index in [0.29, 0.717) is 18.5 Å². The molecular weight excluding hydrogens is 294 g/mol. The van der Waals surface area contributed by atoms with Crippen molar-refractivity contribution in [1.82, 2.24) is 19.9 Å². The summed E-state index contributed by atoms with van der Waals surface area (Å²) < 4.78 is 0. The third-order valence-electron chi connectivity index (χ3n) is 3.62. The summed E-state index contributed by atoms with van der Waals surface area (Å²) in [6.45, 7) is 2.03. The van der Waals surface area contributed by atoms with Crippen LogP contribution < -0.4 is 11.3 Å². The second-order valence-corrected chi connectivity index (χ2v) is 5.46. The molecule has 3 aromatic rings. The Bertz CT molecular complexity index is 889. The van der Waals surface area contributed by atoms with Crippen molar-refractivity contribution < 1.29 is 5.11 Å². The minimum Gasteiger partial charge on any atom is -0.387 e. The summed E-state index contributed by atoms with van der Waals surface area (Å²) in [6.07, 6.45) is 1.82. The molecule has 0 radical (unpaired) electrons. The van der Waals surface area contributed by atoms with Gasteiger partial charge in [0.15, 0.2) is 11.2 Å². The molecule has 0 fully saturated rings. The summed E-state index contributed by atoms with van der Waals surface area (Å²) in [5.74, 6) is -0.00975. The second-order valence-electron chi connectivity index (χ2n) is 5.46. The topological polar surface area (TPSA) is 118 Å². The molecule has 118 valence electrons. The van der Waals surface area contributed by atoms with Crippen molar-refractivity contribution in [1.29, 1.82) is 0 Å². The number of rotatable bonds is 4. The Morgan fingerprint density at radius 1 is 1.26 bits per heavy atom. The largest absolute Gasteiger partial charge is 0.387 e. The van der Waals surface area contributed by atoms with Crippen molar-refractivity contribution in [2.45, 2.75) is 25.9 Å². The van der Waals surface area contributed by atoms with Crippen LogP contribution in [-0.2, 0) is 6.42 Å². The van der Waals surface area contributed by atoms with E-state index in [-0.39, 0.29) is 17.1 Å². The monoisotopic (exact) mass is 311 g/mol. The van der Waals surface area contributed by atoms with Crippen LogP contribution in [0.25, 0.3) is 11.2 Å². The molecule has 0 aliphatic rings. The van der Waals surface area contributed by atoms with Gasteiger partial charge in [-0.15, -0.1) is 0 Å². The zero-order chi connectivity index (χ0) is 16.4. The summed E-state index contributed by atoms with van der Waals surface area (Å²) >= 11 is 0. The fraction of sp³-hybridized carbons (Fsp3) is 0.250. The molecule has 3 rings (SSSR count).